The molecular weight excluding hydrogens is 373 g/mol. The van der Waals surface area contributed by atoms with Crippen LogP contribution in [-0.2, 0) is 12.8 Å². The molecule has 28 heavy (non-hydrogen) atoms. The standard InChI is InChI=1S/C22H24FN3OS/c1-22(2,3)13-4-9-17-12(10-13)11-16-18(24)19(28-21(16)26-17)20(27)25-15-7-5-14(23)6-8-15/h5-8,11,13H,4,9-10,24H2,1-3H3,(H,25,27). The minimum absolute atomic E-state index is 0.257. The van der Waals surface area contributed by atoms with Gasteiger partial charge in [0.1, 0.15) is 15.5 Å². The SMILES string of the molecule is CC(C)(C)C1CCc2nc3sc(C(=O)Nc4ccc(F)cc4)c(N)c3cc2C1. The lowest BCUT2D eigenvalue weighted by Crippen LogP contribution is -2.27. The third kappa shape index (κ3) is 3.49. The summed E-state index contributed by atoms with van der Waals surface area (Å²) in [5, 5.41) is 3.63. The fraction of sp³-hybridized carbons (Fsp3) is 0.364. The van der Waals surface area contributed by atoms with Crippen molar-refractivity contribution in [3.05, 3.63) is 52.3 Å². The molecule has 0 radical (unpaired) electrons. The molecule has 3 N–H and O–H groups in total. The number of aryl methyl sites for hydroxylation is 1. The number of aromatic nitrogens is 1. The molecule has 0 fully saturated rings. The fourth-order valence-electron chi connectivity index (χ4n) is 3.82. The van der Waals surface area contributed by atoms with E-state index in [1.165, 1.54) is 41.2 Å². The molecule has 2 heterocycles. The Morgan fingerprint density at radius 3 is 2.68 bits per heavy atom. The van der Waals surface area contributed by atoms with Crippen LogP contribution in [0.15, 0.2) is 30.3 Å². The van der Waals surface area contributed by atoms with Crippen LogP contribution in [0, 0.1) is 17.2 Å². The minimum atomic E-state index is -0.345. The van der Waals surface area contributed by atoms with E-state index in [-0.39, 0.29) is 17.1 Å². The van der Waals surface area contributed by atoms with Gasteiger partial charge in [-0.2, -0.15) is 0 Å². The summed E-state index contributed by atoms with van der Waals surface area (Å²) in [6, 6.07) is 7.80. The largest absolute Gasteiger partial charge is 0.397 e. The summed E-state index contributed by atoms with van der Waals surface area (Å²) in [4.78, 5) is 18.8. The van der Waals surface area contributed by atoms with Crippen molar-refractivity contribution in [2.75, 3.05) is 11.1 Å². The van der Waals surface area contributed by atoms with Crippen LogP contribution in [0.4, 0.5) is 15.8 Å². The zero-order valence-corrected chi connectivity index (χ0v) is 17.1. The maximum absolute atomic E-state index is 13.1. The maximum atomic E-state index is 13.1. The number of carbonyl (C=O) groups is 1. The molecule has 1 aliphatic carbocycles. The van der Waals surface area contributed by atoms with E-state index in [0.717, 1.165) is 35.2 Å². The smallest absolute Gasteiger partial charge is 0.267 e. The van der Waals surface area contributed by atoms with Crippen molar-refractivity contribution in [1.82, 2.24) is 4.98 Å². The van der Waals surface area contributed by atoms with E-state index in [1.807, 2.05) is 0 Å². The highest BCUT2D eigenvalue weighted by Crippen LogP contribution is 2.40. The molecule has 1 unspecified atom stereocenters. The Balaban J connectivity index is 1.65. The second-order valence-electron chi connectivity index (χ2n) is 8.56. The van der Waals surface area contributed by atoms with Gasteiger partial charge in [-0.15, -0.1) is 11.3 Å². The second kappa shape index (κ2) is 6.85. The Kier molecular flexibility index (Phi) is 4.62. The number of fused-ring (bicyclic) bond motifs is 2. The lowest BCUT2D eigenvalue weighted by atomic mass is 9.71. The summed E-state index contributed by atoms with van der Waals surface area (Å²) in [5.74, 6) is -0.0271. The third-order valence-corrected chi connectivity index (χ3v) is 6.73. The first-order valence-corrected chi connectivity index (χ1v) is 10.3. The van der Waals surface area contributed by atoms with Crippen molar-refractivity contribution in [2.24, 2.45) is 11.3 Å². The van der Waals surface area contributed by atoms with Crippen molar-refractivity contribution in [2.45, 2.75) is 40.0 Å². The average molecular weight is 398 g/mol. The monoisotopic (exact) mass is 397 g/mol. The first-order valence-electron chi connectivity index (χ1n) is 9.50. The fourth-order valence-corrected chi connectivity index (χ4v) is 4.81. The van der Waals surface area contributed by atoms with Gasteiger partial charge < -0.3 is 11.1 Å². The second-order valence-corrected chi connectivity index (χ2v) is 9.56. The van der Waals surface area contributed by atoms with E-state index in [9.17, 15) is 9.18 Å². The van der Waals surface area contributed by atoms with E-state index < -0.39 is 0 Å². The molecule has 1 atom stereocenters. The van der Waals surface area contributed by atoms with E-state index in [2.05, 4.69) is 32.2 Å². The molecule has 0 aliphatic heterocycles. The number of nitrogens with zero attached hydrogens (tertiary/aromatic N) is 1. The van der Waals surface area contributed by atoms with Crippen LogP contribution < -0.4 is 11.1 Å². The summed E-state index contributed by atoms with van der Waals surface area (Å²) < 4.78 is 13.1. The van der Waals surface area contributed by atoms with Gasteiger partial charge in [0.05, 0.1) is 5.69 Å². The summed E-state index contributed by atoms with van der Waals surface area (Å²) in [6.45, 7) is 6.85. The lowest BCUT2D eigenvalue weighted by Gasteiger charge is -2.34. The zero-order chi connectivity index (χ0) is 20.1. The number of nitrogens with two attached hydrogens (primary N) is 1. The number of carbonyl (C=O) groups excluding carboxylic acids is 1. The topological polar surface area (TPSA) is 68.0 Å². The van der Waals surface area contributed by atoms with Crippen molar-refractivity contribution < 1.29 is 9.18 Å². The van der Waals surface area contributed by atoms with E-state index in [0.29, 0.717) is 22.2 Å². The molecule has 2 aromatic heterocycles. The number of nitrogens with one attached hydrogen (secondary N) is 1. The van der Waals surface area contributed by atoms with Crippen LogP contribution in [-0.4, -0.2) is 10.9 Å². The average Bonchev–Trinajstić information content (AvgIpc) is 2.96. The first-order chi connectivity index (χ1) is 13.2. The number of hydrogen-bond donors (Lipinski definition) is 2. The van der Waals surface area contributed by atoms with Crippen LogP contribution in [0.3, 0.4) is 0 Å². The quantitative estimate of drug-likeness (QED) is 0.607. The van der Waals surface area contributed by atoms with Crippen LogP contribution in [0.2, 0.25) is 0 Å². The summed E-state index contributed by atoms with van der Waals surface area (Å²) >= 11 is 1.31. The minimum Gasteiger partial charge on any atom is -0.397 e. The summed E-state index contributed by atoms with van der Waals surface area (Å²) in [5.41, 5.74) is 9.94. The molecule has 1 aromatic carbocycles. The molecule has 146 valence electrons. The molecular formula is C22H24FN3OS. The van der Waals surface area contributed by atoms with E-state index in [1.54, 1.807) is 0 Å². The number of thiophene rings is 1. The number of pyridine rings is 1. The van der Waals surface area contributed by atoms with Crippen molar-refractivity contribution in [3.8, 4) is 0 Å². The number of anilines is 2. The van der Waals surface area contributed by atoms with Gasteiger partial charge in [-0.3, -0.25) is 4.79 Å². The van der Waals surface area contributed by atoms with E-state index in [4.69, 9.17) is 10.7 Å². The van der Waals surface area contributed by atoms with Crippen LogP contribution in [0.5, 0.6) is 0 Å². The molecule has 4 rings (SSSR count). The van der Waals surface area contributed by atoms with Gasteiger partial charge in [0, 0.05) is 16.8 Å². The lowest BCUT2D eigenvalue weighted by molar-refractivity contribution is 0.103. The van der Waals surface area contributed by atoms with Gasteiger partial charge in [0.15, 0.2) is 0 Å². The van der Waals surface area contributed by atoms with Crippen LogP contribution in [0.1, 0.15) is 48.1 Å². The highest BCUT2D eigenvalue weighted by Gasteiger charge is 2.30. The van der Waals surface area contributed by atoms with Gasteiger partial charge in [0.25, 0.3) is 5.91 Å². The van der Waals surface area contributed by atoms with Gasteiger partial charge in [0.2, 0.25) is 0 Å². The van der Waals surface area contributed by atoms with Gasteiger partial charge in [-0.05, 0) is 66.5 Å². The first kappa shape index (κ1) is 18.9. The molecule has 0 saturated heterocycles. The van der Waals surface area contributed by atoms with Gasteiger partial charge >= 0.3 is 0 Å². The Morgan fingerprint density at radius 2 is 2.00 bits per heavy atom. The van der Waals surface area contributed by atoms with Gasteiger partial charge in [-0.1, -0.05) is 20.8 Å². The Labute approximate surface area is 168 Å². The normalized spacial score (nSPS) is 16.8. The molecule has 6 heteroatoms. The molecule has 1 amide bonds. The molecule has 0 saturated carbocycles. The highest BCUT2D eigenvalue weighted by atomic mass is 32.1. The molecule has 0 bridgehead atoms. The number of benzene rings is 1. The number of hydrogen-bond acceptors (Lipinski definition) is 4. The predicted molar refractivity (Wildman–Crippen MR) is 113 cm³/mol. The van der Waals surface area contributed by atoms with Crippen molar-refractivity contribution >= 4 is 38.8 Å². The number of nitrogen functional groups attached to an aromatic ring is 1. The number of rotatable bonds is 2. The van der Waals surface area contributed by atoms with Crippen molar-refractivity contribution in [3.63, 3.8) is 0 Å². The zero-order valence-electron chi connectivity index (χ0n) is 16.3. The van der Waals surface area contributed by atoms with Gasteiger partial charge in [-0.25, -0.2) is 9.37 Å². The van der Waals surface area contributed by atoms with Crippen molar-refractivity contribution in [1.29, 1.82) is 0 Å². The predicted octanol–water partition coefficient (Wildman–Crippen LogP) is 5.42. The third-order valence-electron chi connectivity index (χ3n) is 5.62. The van der Waals surface area contributed by atoms with Crippen LogP contribution >= 0.6 is 11.3 Å². The Morgan fingerprint density at radius 1 is 1.29 bits per heavy atom. The van der Waals surface area contributed by atoms with Crippen LogP contribution in [0.25, 0.3) is 10.2 Å². The number of amides is 1. The Bertz CT molecular complexity index is 1050. The Hall–Kier alpha value is -2.47. The molecule has 3 aromatic rings. The molecule has 4 nitrogen and oxygen atoms in total. The number of halogens is 1. The van der Waals surface area contributed by atoms with E-state index >= 15 is 0 Å². The molecule has 1 aliphatic rings. The maximum Gasteiger partial charge on any atom is 0.267 e. The highest BCUT2D eigenvalue weighted by molar-refractivity contribution is 7.21. The molecule has 0 spiro atoms. The summed E-state index contributed by atoms with van der Waals surface area (Å²) in [7, 11) is 0. The summed E-state index contributed by atoms with van der Waals surface area (Å²) in [6.07, 6.45) is 3.09.